The van der Waals surface area contributed by atoms with Crippen molar-refractivity contribution in [1.82, 2.24) is 5.32 Å². The topological polar surface area (TPSA) is 103 Å². The van der Waals surface area contributed by atoms with Crippen molar-refractivity contribution in [3.8, 4) is 11.5 Å². The first-order chi connectivity index (χ1) is 15.7. The first kappa shape index (κ1) is 24.0. The van der Waals surface area contributed by atoms with E-state index in [9.17, 15) is 14.9 Å². The number of rotatable bonds is 7. The lowest BCUT2D eigenvalue weighted by molar-refractivity contribution is -0.385. The number of nitrogens with zero attached hydrogens (tertiary/aromatic N) is 2. The summed E-state index contributed by atoms with van der Waals surface area (Å²) in [5.74, 6) is -0.115. The Bertz CT molecular complexity index is 1150. The fourth-order valence-electron chi connectivity index (χ4n) is 3.80. The number of nitrogens with one attached hydrogen (secondary N) is 1. The van der Waals surface area contributed by atoms with Crippen molar-refractivity contribution in [2.45, 2.75) is 26.8 Å². The number of carbonyl (C=O) groups excluding carboxylic acids is 1. The smallest absolute Gasteiger partial charge is 0.338 e. The van der Waals surface area contributed by atoms with E-state index in [4.69, 9.17) is 26.4 Å². The average Bonchev–Trinajstić information content (AvgIpc) is 2.77. The molecule has 33 heavy (non-hydrogen) atoms. The predicted molar refractivity (Wildman–Crippen MR) is 128 cm³/mol. The summed E-state index contributed by atoms with van der Waals surface area (Å²) in [5.41, 5.74) is 2.45. The Labute approximate surface area is 197 Å². The number of methoxy groups -OCH3 is 2. The molecule has 0 amide bonds. The second-order valence-electron chi connectivity index (χ2n) is 7.30. The molecule has 1 unspecified atom stereocenters. The van der Waals surface area contributed by atoms with E-state index in [0.717, 1.165) is 11.3 Å². The molecule has 0 aromatic heterocycles. The van der Waals surface area contributed by atoms with E-state index in [1.165, 1.54) is 26.4 Å². The van der Waals surface area contributed by atoms with Crippen molar-refractivity contribution in [3.63, 3.8) is 0 Å². The summed E-state index contributed by atoms with van der Waals surface area (Å²) in [5, 5.41) is 15.3. The van der Waals surface area contributed by atoms with E-state index >= 15 is 0 Å². The molecule has 0 spiro atoms. The highest BCUT2D eigenvalue weighted by molar-refractivity contribution is 7.80. The van der Waals surface area contributed by atoms with Crippen LogP contribution >= 0.6 is 12.2 Å². The maximum Gasteiger partial charge on any atom is 0.338 e. The molecule has 10 heteroatoms. The van der Waals surface area contributed by atoms with Gasteiger partial charge < -0.3 is 19.5 Å². The van der Waals surface area contributed by atoms with Crippen molar-refractivity contribution >= 4 is 34.7 Å². The Morgan fingerprint density at radius 2 is 1.85 bits per heavy atom. The van der Waals surface area contributed by atoms with E-state index in [-0.39, 0.29) is 34.9 Å². The largest absolute Gasteiger partial charge is 0.493 e. The first-order valence-corrected chi connectivity index (χ1v) is 10.6. The van der Waals surface area contributed by atoms with Crippen molar-refractivity contribution in [2.75, 3.05) is 25.7 Å². The molecule has 0 saturated carbocycles. The number of hydrogen-bond acceptors (Lipinski definition) is 7. The summed E-state index contributed by atoms with van der Waals surface area (Å²) in [7, 11) is 2.82. The van der Waals surface area contributed by atoms with E-state index in [1.807, 2.05) is 31.2 Å². The lowest BCUT2D eigenvalue weighted by Gasteiger charge is -2.37. The number of thiocarbonyl (C=S) groups is 1. The van der Waals surface area contributed by atoms with Gasteiger partial charge in [-0.05, 0) is 56.8 Å². The molecule has 1 aliphatic rings. The number of aryl methyl sites for hydroxylation is 1. The normalized spacial score (nSPS) is 15.7. The van der Waals surface area contributed by atoms with Crippen LogP contribution in [0.3, 0.4) is 0 Å². The van der Waals surface area contributed by atoms with Crippen LogP contribution in [0.5, 0.6) is 11.5 Å². The maximum absolute atomic E-state index is 13.1. The summed E-state index contributed by atoms with van der Waals surface area (Å²) in [4.78, 5) is 26.2. The molecule has 1 aliphatic heterocycles. The highest BCUT2D eigenvalue weighted by atomic mass is 32.1. The molecule has 2 aromatic rings. The number of hydrogen-bond donors (Lipinski definition) is 1. The molecule has 0 radical (unpaired) electrons. The number of anilines is 1. The Hall–Kier alpha value is -3.66. The van der Waals surface area contributed by atoms with Gasteiger partial charge in [-0.25, -0.2) is 4.79 Å². The van der Waals surface area contributed by atoms with Gasteiger partial charge in [0.15, 0.2) is 16.6 Å². The lowest BCUT2D eigenvalue weighted by Crippen LogP contribution is -2.48. The summed E-state index contributed by atoms with van der Waals surface area (Å²) in [6.45, 7) is 5.53. The quantitative estimate of drug-likeness (QED) is 0.275. The third-order valence-electron chi connectivity index (χ3n) is 5.28. The van der Waals surface area contributed by atoms with Gasteiger partial charge in [-0.2, -0.15) is 0 Å². The van der Waals surface area contributed by atoms with Crippen molar-refractivity contribution in [3.05, 3.63) is 68.9 Å². The molecule has 174 valence electrons. The minimum absolute atomic E-state index is 0.144. The molecule has 2 aromatic carbocycles. The summed E-state index contributed by atoms with van der Waals surface area (Å²) >= 11 is 5.63. The van der Waals surface area contributed by atoms with E-state index in [0.29, 0.717) is 10.8 Å². The van der Waals surface area contributed by atoms with E-state index in [2.05, 4.69) is 5.32 Å². The summed E-state index contributed by atoms with van der Waals surface area (Å²) in [6.07, 6.45) is 0. The van der Waals surface area contributed by atoms with Gasteiger partial charge in [-0.15, -0.1) is 0 Å². The fraction of sp³-hybridized carbons (Fsp3) is 0.304. The second-order valence-corrected chi connectivity index (χ2v) is 7.69. The standard InChI is InChI=1S/C23H25N3O6S/c1-6-32-22(27)20-14(3)25(15-9-7-8-13(2)10-15)23(33)24-21(20)16-11-18(30-4)19(31-5)12-17(16)26(28)29/h7-12,21H,6H2,1-5H3,(H,24,33). The Morgan fingerprint density at radius 3 is 2.42 bits per heavy atom. The summed E-state index contributed by atoms with van der Waals surface area (Å²) < 4.78 is 15.9. The van der Waals surface area contributed by atoms with Crippen LogP contribution in [-0.4, -0.2) is 36.8 Å². The Balaban J connectivity index is 2.27. The average molecular weight is 472 g/mol. The molecule has 0 aliphatic carbocycles. The highest BCUT2D eigenvalue weighted by Gasteiger charge is 2.39. The molecule has 0 bridgehead atoms. The van der Waals surface area contributed by atoms with E-state index in [1.54, 1.807) is 18.7 Å². The molecule has 9 nitrogen and oxygen atoms in total. The number of ether oxygens (including phenoxy) is 3. The molecule has 0 saturated heterocycles. The highest BCUT2D eigenvalue weighted by Crippen LogP contribution is 2.42. The molecule has 3 rings (SSSR count). The number of nitro groups is 1. The van der Waals surface area contributed by atoms with Gasteiger partial charge in [0.2, 0.25) is 0 Å². The van der Waals surface area contributed by atoms with Gasteiger partial charge in [0.05, 0.1) is 49.0 Å². The minimum Gasteiger partial charge on any atom is -0.493 e. The van der Waals surface area contributed by atoms with Gasteiger partial charge >= 0.3 is 5.97 Å². The lowest BCUT2D eigenvalue weighted by atomic mass is 9.93. The van der Waals surface area contributed by atoms with E-state index < -0.39 is 16.9 Å². The SMILES string of the molecule is CCOC(=O)C1=C(C)N(c2cccc(C)c2)C(=S)NC1c1cc(OC)c(OC)cc1[N+](=O)[O-]. The van der Waals surface area contributed by atoms with Gasteiger partial charge in [0, 0.05) is 11.4 Å². The van der Waals surface area contributed by atoms with Gasteiger partial charge in [-0.3, -0.25) is 15.0 Å². The number of allylic oxidation sites excluding steroid dienone is 1. The Kier molecular flexibility index (Phi) is 7.17. The first-order valence-electron chi connectivity index (χ1n) is 10.2. The minimum atomic E-state index is -0.933. The van der Waals surface area contributed by atoms with Gasteiger partial charge in [0.1, 0.15) is 0 Å². The van der Waals surface area contributed by atoms with Crippen molar-refractivity contribution in [1.29, 1.82) is 0 Å². The van der Waals surface area contributed by atoms with Crippen LogP contribution in [0.1, 0.15) is 31.0 Å². The van der Waals surface area contributed by atoms with Crippen LogP contribution in [0.25, 0.3) is 0 Å². The van der Waals surface area contributed by atoms with Crippen molar-refractivity contribution in [2.24, 2.45) is 0 Å². The predicted octanol–water partition coefficient (Wildman–Crippen LogP) is 4.19. The van der Waals surface area contributed by atoms with Crippen LogP contribution in [0.15, 0.2) is 47.7 Å². The third-order valence-corrected chi connectivity index (χ3v) is 5.58. The number of benzene rings is 2. The van der Waals surface area contributed by atoms with Crippen LogP contribution in [0.4, 0.5) is 11.4 Å². The fourth-order valence-corrected chi connectivity index (χ4v) is 4.16. The number of nitro benzene ring substituents is 1. The molecule has 1 N–H and O–H groups in total. The van der Waals surface area contributed by atoms with Crippen LogP contribution < -0.4 is 19.7 Å². The zero-order valence-corrected chi connectivity index (χ0v) is 19.8. The molecule has 1 atom stereocenters. The van der Waals surface area contributed by atoms with Gasteiger partial charge in [-0.1, -0.05) is 12.1 Å². The van der Waals surface area contributed by atoms with Crippen LogP contribution in [0.2, 0.25) is 0 Å². The van der Waals surface area contributed by atoms with Crippen LogP contribution in [0, 0.1) is 17.0 Å². The zero-order chi connectivity index (χ0) is 24.3. The third kappa shape index (κ3) is 4.61. The second kappa shape index (κ2) is 9.86. The monoisotopic (exact) mass is 471 g/mol. The summed E-state index contributed by atoms with van der Waals surface area (Å²) in [6, 6.07) is 9.45. The molecular formula is C23H25N3O6S. The Morgan fingerprint density at radius 1 is 1.18 bits per heavy atom. The maximum atomic E-state index is 13.1. The van der Waals surface area contributed by atoms with Gasteiger partial charge in [0.25, 0.3) is 5.69 Å². The van der Waals surface area contributed by atoms with Crippen molar-refractivity contribution < 1.29 is 23.9 Å². The number of carbonyl (C=O) groups is 1. The molecule has 0 fully saturated rings. The number of esters is 1. The zero-order valence-electron chi connectivity index (χ0n) is 19.0. The molecular weight excluding hydrogens is 446 g/mol. The van der Waals surface area contributed by atoms with Crippen LogP contribution in [-0.2, 0) is 9.53 Å². The molecule has 1 heterocycles.